The van der Waals surface area contributed by atoms with E-state index in [1.165, 1.54) is 13.2 Å². The van der Waals surface area contributed by atoms with Gasteiger partial charge in [0.15, 0.2) is 0 Å². The minimum atomic E-state index is -3.76. The molecule has 1 atom stereocenters. The fourth-order valence-electron chi connectivity index (χ4n) is 1.87. The van der Waals surface area contributed by atoms with Crippen LogP contribution in [0.3, 0.4) is 0 Å². The summed E-state index contributed by atoms with van der Waals surface area (Å²) in [5, 5.41) is 0. The Labute approximate surface area is 142 Å². The average molecular weight is 361 g/mol. The third kappa shape index (κ3) is 6.50. The number of ether oxygens (including phenoxy) is 1. The molecule has 130 valence electrons. The molecule has 1 rings (SSSR count). The summed E-state index contributed by atoms with van der Waals surface area (Å²) >= 11 is 1.71. The highest BCUT2D eigenvalue weighted by Gasteiger charge is 2.24. The molecule has 3 N–H and O–H groups in total. The number of esters is 1. The molecule has 0 saturated carbocycles. The van der Waals surface area contributed by atoms with E-state index in [2.05, 4.69) is 9.46 Å². The predicted octanol–water partition coefficient (Wildman–Crippen LogP) is 1.50. The molecule has 23 heavy (non-hydrogen) atoms. The second kappa shape index (κ2) is 9.92. The standard InChI is InChI=1S/C15H24N2O4S2/c1-3-14(15(18)21-2)17-23(19,20)13-7-4-6-12(10-13)11-22-9-5-8-16/h4,6-7,10,14,17H,3,5,8-9,11,16H2,1-2H3/t14-/m0/s1. The molecule has 0 aromatic heterocycles. The summed E-state index contributed by atoms with van der Waals surface area (Å²) < 4.78 is 31.8. The van der Waals surface area contributed by atoms with E-state index in [1.807, 2.05) is 6.07 Å². The number of nitrogens with one attached hydrogen (secondary N) is 1. The van der Waals surface area contributed by atoms with E-state index in [4.69, 9.17) is 5.73 Å². The van der Waals surface area contributed by atoms with Gasteiger partial charge in [-0.25, -0.2) is 8.42 Å². The molecule has 6 nitrogen and oxygen atoms in total. The van der Waals surface area contributed by atoms with E-state index in [9.17, 15) is 13.2 Å². The fourth-order valence-corrected chi connectivity index (χ4v) is 4.14. The Morgan fingerprint density at radius 2 is 2.17 bits per heavy atom. The normalized spacial score (nSPS) is 12.8. The Bertz CT molecular complexity index is 605. The number of thioether (sulfide) groups is 1. The van der Waals surface area contributed by atoms with Gasteiger partial charge in [-0.05, 0) is 42.8 Å². The molecule has 0 bridgehead atoms. The molecule has 1 aromatic rings. The first-order valence-electron chi connectivity index (χ1n) is 7.41. The van der Waals surface area contributed by atoms with Gasteiger partial charge in [-0.1, -0.05) is 19.1 Å². The van der Waals surface area contributed by atoms with Crippen LogP contribution in [0.25, 0.3) is 0 Å². The number of hydrogen-bond acceptors (Lipinski definition) is 6. The SMILES string of the molecule is CC[C@H](NS(=O)(=O)c1cccc(CSCCCN)c1)C(=O)OC. The lowest BCUT2D eigenvalue weighted by molar-refractivity contribution is -0.142. The quantitative estimate of drug-likeness (QED) is 0.485. The second-order valence-corrected chi connectivity index (χ2v) is 7.77. The first kappa shape index (κ1) is 20.0. The van der Waals surface area contributed by atoms with Crippen molar-refractivity contribution in [3.8, 4) is 0 Å². The van der Waals surface area contributed by atoms with Crippen LogP contribution in [0.15, 0.2) is 29.2 Å². The molecule has 0 radical (unpaired) electrons. The molecular weight excluding hydrogens is 336 g/mol. The van der Waals surface area contributed by atoms with E-state index in [0.29, 0.717) is 13.0 Å². The molecule has 0 unspecified atom stereocenters. The van der Waals surface area contributed by atoms with Crippen LogP contribution >= 0.6 is 11.8 Å². The highest BCUT2D eigenvalue weighted by molar-refractivity contribution is 7.98. The Morgan fingerprint density at radius 3 is 2.78 bits per heavy atom. The average Bonchev–Trinajstić information content (AvgIpc) is 2.56. The summed E-state index contributed by atoms with van der Waals surface area (Å²) in [5.41, 5.74) is 6.36. The largest absolute Gasteiger partial charge is 0.468 e. The lowest BCUT2D eigenvalue weighted by atomic mass is 10.2. The van der Waals surface area contributed by atoms with Gasteiger partial charge in [-0.15, -0.1) is 0 Å². The zero-order chi connectivity index (χ0) is 17.3. The van der Waals surface area contributed by atoms with Crippen molar-refractivity contribution in [2.45, 2.75) is 36.5 Å². The van der Waals surface area contributed by atoms with Crippen LogP contribution in [0, 0.1) is 0 Å². The van der Waals surface area contributed by atoms with Crippen LogP contribution in [0.4, 0.5) is 0 Å². The van der Waals surface area contributed by atoms with Crippen molar-refractivity contribution in [2.24, 2.45) is 5.73 Å². The number of benzene rings is 1. The Balaban J connectivity index is 2.81. The van der Waals surface area contributed by atoms with Gasteiger partial charge in [-0.2, -0.15) is 16.5 Å². The maximum Gasteiger partial charge on any atom is 0.323 e. The van der Waals surface area contributed by atoms with E-state index < -0.39 is 22.0 Å². The van der Waals surface area contributed by atoms with E-state index in [0.717, 1.165) is 23.5 Å². The van der Waals surface area contributed by atoms with Crippen molar-refractivity contribution < 1.29 is 17.9 Å². The zero-order valence-corrected chi connectivity index (χ0v) is 15.1. The van der Waals surface area contributed by atoms with Crippen molar-refractivity contribution in [1.82, 2.24) is 4.72 Å². The number of sulfonamides is 1. The molecule has 0 heterocycles. The highest BCUT2D eigenvalue weighted by Crippen LogP contribution is 2.17. The van der Waals surface area contributed by atoms with Gasteiger partial charge in [0.25, 0.3) is 0 Å². The van der Waals surface area contributed by atoms with Crippen LogP contribution in [-0.4, -0.2) is 39.8 Å². The minimum Gasteiger partial charge on any atom is -0.468 e. The van der Waals surface area contributed by atoms with Gasteiger partial charge in [0, 0.05) is 5.75 Å². The van der Waals surface area contributed by atoms with E-state index in [1.54, 1.807) is 30.8 Å². The van der Waals surface area contributed by atoms with Crippen LogP contribution in [0.2, 0.25) is 0 Å². The fraction of sp³-hybridized carbons (Fsp3) is 0.533. The van der Waals surface area contributed by atoms with Crippen LogP contribution in [0.5, 0.6) is 0 Å². The molecule has 0 aliphatic carbocycles. The maximum atomic E-state index is 12.4. The molecule has 0 fully saturated rings. The summed E-state index contributed by atoms with van der Waals surface area (Å²) in [6.07, 6.45) is 1.25. The van der Waals surface area contributed by atoms with Crippen LogP contribution in [-0.2, 0) is 25.3 Å². The van der Waals surface area contributed by atoms with Gasteiger partial charge < -0.3 is 10.5 Å². The van der Waals surface area contributed by atoms with Crippen molar-refractivity contribution in [2.75, 3.05) is 19.4 Å². The van der Waals surface area contributed by atoms with Crippen molar-refractivity contribution in [1.29, 1.82) is 0 Å². The van der Waals surface area contributed by atoms with Crippen LogP contribution in [0.1, 0.15) is 25.3 Å². The third-order valence-corrected chi connectivity index (χ3v) is 5.75. The Morgan fingerprint density at radius 1 is 1.43 bits per heavy atom. The summed E-state index contributed by atoms with van der Waals surface area (Å²) in [6.45, 7) is 2.37. The Kier molecular flexibility index (Phi) is 8.60. The zero-order valence-electron chi connectivity index (χ0n) is 13.4. The maximum absolute atomic E-state index is 12.4. The van der Waals surface area contributed by atoms with Crippen molar-refractivity contribution in [3.05, 3.63) is 29.8 Å². The molecule has 0 amide bonds. The molecule has 8 heteroatoms. The first-order valence-corrected chi connectivity index (χ1v) is 10.0. The number of carbonyl (C=O) groups is 1. The topological polar surface area (TPSA) is 98.5 Å². The Hall–Kier alpha value is -1.09. The number of nitrogens with two attached hydrogens (primary N) is 1. The van der Waals surface area contributed by atoms with Gasteiger partial charge in [0.2, 0.25) is 10.0 Å². The first-order chi connectivity index (χ1) is 10.9. The smallest absolute Gasteiger partial charge is 0.323 e. The lowest BCUT2D eigenvalue weighted by Crippen LogP contribution is -2.40. The molecule has 0 saturated heterocycles. The molecular formula is C15H24N2O4S2. The highest BCUT2D eigenvalue weighted by atomic mass is 32.2. The predicted molar refractivity (Wildman–Crippen MR) is 92.7 cm³/mol. The summed E-state index contributed by atoms with van der Waals surface area (Å²) in [4.78, 5) is 11.7. The summed E-state index contributed by atoms with van der Waals surface area (Å²) in [7, 11) is -2.53. The summed E-state index contributed by atoms with van der Waals surface area (Å²) in [6, 6.07) is 5.84. The van der Waals surface area contributed by atoms with Crippen molar-refractivity contribution >= 4 is 27.8 Å². The van der Waals surface area contributed by atoms with Gasteiger partial charge in [-0.3, -0.25) is 4.79 Å². The molecule has 1 aromatic carbocycles. The number of rotatable bonds is 10. The summed E-state index contributed by atoms with van der Waals surface area (Å²) in [5.74, 6) is 1.06. The minimum absolute atomic E-state index is 0.150. The second-order valence-electron chi connectivity index (χ2n) is 4.95. The number of methoxy groups -OCH3 is 1. The van der Waals surface area contributed by atoms with Gasteiger partial charge in [0.05, 0.1) is 12.0 Å². The van der Waals surface area contributed by atoms with E-state index in [-0.39, 0.29) is 4.90 Å². The number of carbonyl (C=O) groups excluding carboxylic acids is 1. The van der Waals surface area contributed by atoms with Crippen LogP contribution < -0.4 is 10.5 Å². The molecule has 0 aliphatic rings. The van der Waals surface area contributed by atoms with Crippen molar-refractivity contribution in [3.63, 3.8) is 0 Å². The lowest BCUT2D eigenvalue weighted by Gasteiger charge is -2.15. The van der Waals surface area contributed by atoms with Gasteiger partial charge >= 0.3 is 5.97 Å². The number of hydrogen-bond donors (Lipinski definition) is 2. The van der Waals surface area contributed by atoms with E-state index >= 15 is 0 Å². The monoisotopic (exact) mass is 360 g/mol. The molecule has 0 aliphatic heterocycles. The van der Waals surface area contributed by atoms with Gasteiger partial charge in [0.1, 0.15) is 6.04 Å². The molecule has 0 spiro atoms. The third-order valence-electron chi connectivity index (χ3n) is 3.16.